The number of ether oxygens (including phenoxy) is 7. The first-order chi connectivity index (χ1) is 25.5. The summed E-state index contributed by atoms with van der Waals surface area (Å²) >= 11 is 0. The van der Waals surface area contributed by atoms with E-state index in [1.165, 1.54) is 0 Å². The second-order valence-corrected chi connectivity index (χ2v) is 13.4. The zero-order valence-corrected chi connectivity index (χ0v) is 29.5. The van der Waals surface area contributed by atoms with E-state index in [9.17, 15) is 65.4 Å². The van der Waals surface area contributed by atoms with E-state index in [4.69, 9.17) is 38.9 Å². The lowest BCUT2D eigenvalue weighted by atomic mass is 9.93. The van der Waals surface area contributed by atoms with Crippen molar-refractivity contribution < 1.29 is 98.6 Å². The van der Waals surface area contributed by atoms with Crippen molar-refractivity contribution in [3.8, 4) is 0 Å². The second-order valence-electron chi connectivity index (χ2n) is 13.4. The summed E-state index contributed by atoms with van der Waals surface area (Å²) < 4.78 is 40.3. The Kier molecular flexibility index (Phi) is 15.8. The molecule has 4 heterocycles. The lowest BCUT2D eigenvalue weighted by Crippen LogP contribution is -2.71. The molecule has 15 N–H and O–H groups in total. The summed E-state index contributed by atoms with van der Waals surface area (Å²) in [6.45, 7) is -0.0467. The maximum Gasteiger partial charge on any atom is 0.217 e. The molecule has 4 fully saturated rings. The Hall–Kier alpha value is -2.31. The van der Waals surface area contributed by atoms with Crippen LogP contribution in [0.15, 0.2) is 0 Å². The SMILES string of the molecule is CC(=O)N[C@@H]1C(O)[C@@H](OC2OC(CO)C(O)[C@H](O)[C@@H]2N)C(CO)O[C@@H]1OC1C(CO)OC(O[C@H]2C(CO)O[C@H](O)[C@H](NC(C)=O)C2O)[C@@H](NC(C)=O)[C@H]1O. The topological polar surface area (TPSA) is 380 Å². The highest BCUT2D eigenvalue weighted by Crippen LogP contribution is 2.34. The van der Waals surface area contributed by atoms with Gasteiger partial charge in [0, 0.05) is 20.8 Å². The molecule has 312 valence electrons. The van der Waals surface area contributed by atoms with Crippen LogP contribution in [0.25, 0.3) is 0 Å². The first kappa shape index (κ1) is 44.4. The Morgan fingerprint density at radius 1 is 0.500 bits per heavy atom. The van der Waals surface area contributed by atoms with Crippen LogP contribution in [-0.4, -0.2) is 218 Å². The molecule has 0 aromatic rings. The number of hydrogen-bond donors (Lipinski definition) is 14. The molecule has 0 spiro atoms. The van der Waals surface area contributed by atoms with Crippen LogP contribution < -0.4 is 21.7 Å². The molecule has 10 unspecified atom stereocenters. The molecule has 0 aromatic heterocycles. The van der Waals surface area contributed by atoms with Crippen molar-refractivity contribution in [3.63, 3.8) is 0 Å². The van der Waals surface area contributed by atoms with Gasteiger partial charge in [-0.05, 0) is 0 Å². The molecule has 24 heteroatoms. The van der Waals surface area contributed by atoms with Crippen LogP contribution in [0.3, 0.4) is 0 Å². The van der Waals surface area contributed by atoms with Gasteiger partial charge in [0.25, 0.3) is 0 Å². The van der Waals surface area contributed by atoms with E-state index < -0.39 is 167 Å². The van der Waals surface area contributed by atoms with Crippen LogP contribution >= 0.6 is 0 Å². The number of nitrogens with two attached hydrogens (primary N) is 1. The summed E-state index contributed by atoms with van der Waals surface area (Å²) in [5, 5.41) is 112. The minimum Gasteiger partial charge on any atom is -0.394 e. The van der Waals surface area contributed by atoms with Gasteiger partial charge in [0.1, 0.15) is 91.4 Å². The number of carbonyl (C=O) groups excluding carboxylic acids is 3. The van der Waals surface area contributed by atoms with Crippen LogP contribution in [0.5, 0.6) is 0 Å². The summed E-state index contributed by atoms with van der Waals surface area (Å²) in [5.41, 5.74) is 5.98. The summed E-state index contributed by atoms with van der Waals surface area (Å²) in [5.74, 6) is -2.11. The number of aliphatic hydroxyl groups is 10. The second kappa shape index (κ2) is 19.2. The van der Waals surface area contributed by atoms with E-state index in [-0.39, 0.29) is 0 Å². The highest BCUT2D eigenvalue weighted by Gasteiger charge is 2.56. The van der Waals surface area contributed by atoms with Gasteiger partial charge in [-0.1, -0.05) is 0 Å². The molecule has 4 aliphatic heterocycles. The molecule has 0 bridgehead atoms. The molecule has 4 saturated heterocycles. The fraction of sp³-hybridized carbons (Fsp3) is 0.900. The molecule has 3 amide bonds. The summed E-state index contributed by atoms with van der Waals surface area (Å²) in [7, 11) is 0. The van der Waals surface area contributed by atoms with Crippen molar-refractivity contribution in [2.24, 2.45) is 5.73 Å². The van der Waals surface area contributed by atoms with E-state index in [1.807, 2.05) is 0 Å². The monoisotopic (exact) mass is 788 g/mol. The average Bonchev–Trinajstić information content (AvgIpc) is 3.12. The molecule has 0 aromatic carbocycles. The Morgan fingerprint density at radius 3 is 1.22 bits per heavy atom. The fourth-order valence-corrected chi connectivity index (χ4v) is 6.81. The number of nitrogens with one attached hydrogen (secondary N) is 3. The lowest BCUT2D eigenvalue weighted by Gasteiger charge is -2.50. The normalized spacial score (nSPS) is 45.7. The van der Waals surface area contributed by atoms with Gasteiger partial charge in [0.15, 0.2) is 25.2 Å². The van der Waals surface area contributed by atoms with Crippen molar-refractivity contribution in [2.75, 3.05) is 26.4 Å². The standard InChI is InChI=1S/C30H52N4O20/c1-8(39)32-16-21(44)24(12(5-36)48-27(16)47)53-29-18(34-10(3)41)23(46)26(14(7-38)51-29)54-30-17(33-9(2)40)22(45)25(13(6-37)50-30)52-28-15(31)20(43)19(42)11(4-35)49-28/h11-30,35-38,42-47H,4-7,31H2,1-3H3,(H,32,39)(H,33,40)(H,34,41)/t11?,12?,13?,14?,15-,16+,17+,18-,19?,20+,21?,22?,23+,24-,25-,26?,27-,28?,29?,30+/m0/s1. The predicted molar refractivity (Wildman–Crippen MR) is 171 cm³/mol. The van der Waals surface area contributed by atoms with Crippen LogP contribution in [0, 0.1) is 0 Å². The van der Waals surface area contributed by atoms with Crippen LogP contribution in [0.4, 0.5) is 0 Å². The first-order valence-electron chi connectivity index (χ1n) is 17.1. The van der Waals surface area contributed by atoms with Gasteiger partial charge in [0.2, 0.25) is 17.7 Å². The number of hydrogen-bond acceptors (Lipinski definition) is 21. The highest BCUT2D eigenvalue weighted by molar-refractivity contribution is 5.74. The van der Waals surface area contributed by atoms with Gasteiger partial charge in [-0.25, -0.2) is 0 Å². The lowest BCUT2D eigenvalue weighted by molar-refractivity contribution is -0.361. The largest absolute Gasteiger partial charge is 0.394 e. The van der Waals surface area contributed by atoms with Gasteiger partial charge < -0.3 is 106 Å². The molecular weight excluding hydrogens is 736 g/mol. The molecular formula is C30H52N4O20. The fourth-order valence-electron chi connectivity index (χ4n) is 6.81. The summed E-state index contributed by atoms with van der Waals surface area (Å²) in [6, 6.07) is -6.00. The molecule has 4 rings (SSSR count). The zero-order chi connectivity index (χ0) is 40.2. The Labute approximate surface area is 308 Å². The molecule has 54 heavy (non-hydrogen) atoms. The molecule has 4 aliphatic rings. The maximum absolute atomic E-state index is 12.3. The van der Waals surface area contributed by atoms with Crippen molar-refractivity contribution in [2.45, 2.75) is 143 Å². The molecule has 0 saturated carbocycles. The zero-order valence-electron chi connectivity index (χ0n) is 29.5. The number of rotatable bonds is 13. The number of aliphatic hydroxyl groups excluding tert-OH is 10. The quantitative estimate of drug-likeness (QED) is 0.0824. The Bertz CT molecular complexity index is 1260. The van der Waals surface area contributed by atoms with E-state index >= 15 is 0 Å². The number of amides is 3. The summed E-state index contributed by atoms with van der Waals surface area (Å²) in [4.78, 5) is 36.3. The number of carbonyl (C=O) groups is 3. The third kappa shape index (κ3) is 9.79. The van der Waals surface area contributed by atoms with Crippen molar-refractivity contribution in [1.82, 2.24) is 16.0 Å². The molecule has 0 radical (unpaired) electrons. The van der Waals surface area contributed by atoms with E-state index in [2.05, 4.69) is 16.0 Å². The van der Waals surface area contributed by atoms with Gasteiger partial charge in [-0.3, -0.25) is 14.4 Å². The molecule has 20 atom stereocenters. The van der Waals surface area contributed by atoms with Crippen molar-refractivity contribution in [1.29, 1.82) is 0 Å². The van der Waals surface area contributed by atoms with Crippen molar-refractivity contribution in [3.05, 3.63) is 0 Å². The molecule has 0 aliphatic carbocycles. The predicted octanol–water partition coefficient (Wildman–Crippen LogP) is -9.35. The average molecular weight is 789 g/mol. The Balaban J connectivity index is 1.59. The van der Waals surface area contributed by atoms with Crippen LogP contribution in [0.1, 0.15) is 20.8 Å². The Morgan fingerprint density at radius 2 is 0.833 bits per heavy atom. The summed E-state index contributed by atoms with van der Waals surface area (Å²) in [6.07, 6.45) is -26.1. The van der Waals surface area contributed by atoms with Gasteiger partial charge in [-0.15, -0.1) is 0 Å². The minimum atomic E-state index is -1.87. The maximum atomic E-state index is 12.3. The first-order valence-corrected chi connectivity index (χ1v) is 17.1. The van der Waals surface area contributed by atoms with Gasteiger partial charge >= 0.3 is 0 Å². The third-order valence-corrected chi connectivity index (χ3v) is 9.49. The van der Waals surface area contributed by atoms with Gasteiger partial charge in [0.05, 0.1) is 32.5 Å². The van der Waals surface area contributed by atoms with E-state index in [1.54, 1.807) is 0 Å². The van der Waals surface area contributed by atoms with Gasteiger partial charge in [-0.2, -0.15) is 0 Å². The van der Waals surface area contributed by atoms with Crippen molar-refractivity contribution >= 4 is 17.7 Å². The van der Waals surface area contributed by atoms with Crippen LogP contribution in [0.2, 0.25) is 0 Å². The van der Waals surface area contributed by atoms with Crippen LogP contribution in [-0.2, 0) is 47.5 Å². The highest BCUT2D eigenvalue weighted by atomic mass is 16.8. The van der Waals surface area contributed by atoms with E-state index in [0.29, 0.717) is 0 Å². The van der Waals surface area contributed by atoms with E-state index in [0.717, 1.165) is 20.8 Å². The molecule has 24 nitrogen and oxygen atoms in total. The minimum absolute atomic E-state index is 0.655. The smallest absolute Gasteiger partial charge is 0.217 e. The third-order valence-electron chi connectivity index (χ3n) is 9.49.